The second-order valence-electron chi connectivity index (χ2n) is 7.68. The van der Waals surface area contributed by atoms with Crippen molar-refractivity contribution in [2.24, 2.45) is 5.10 Å². The highest BCUT2D eigenvalue weighted by atomic mass is 32.2. The van der Waals surface area contributed by atoms with Gasteiger partial charge < -0.3 is 15.2 Å². The highest BCUT2D eigenvalue weighted by Crippen LogP contribution is 2.34. The van der Waals surface area contributed by atoms with Crippen LogP contribution in [0, 0.1) is 6.92 Å². The Morgan fingerprint density at radius 2 is 1.97 bits per heavy atom. The smallest absolute Gasteiger partial charge is 0.234 e. The van der Waals surface area contributed by atoms with Crippen molar-refractivity contribution >= 4 is 28.5 Å². The molecule has 3 N–H and O–H groups in total. The number of anilines is 1. The zero-order valence-corrected chi connectivity index (χ0v) is 17.5. The van der Waals surface area contributed by atoms with Gasteiger partial charge in [0, 0.05) is 18.1 Å². The van der Waals surface area contributed by atoms with Crippen molar-refractivity contribution in [3.63, 3.8) is 0 Å². The summed E-state index contributed by atoms with van der Waals surface area (Å²) in [6.45, 7) is 2.03. The number of nitrogens with zero attached hydrogens (tertiary/aromatic N) is 3. The molecule has 1 amide bonds. The summed E-state index contributed by atoms with van der Waals surface area (Å²) in [4.78, 5) is 14.5. The van der Waals surface area contributed by atoms with E-state index in [4.69, 9.17) is 0 Å². The lowest BCUT2D eigenvalue weighted by molar-refractivity contribution is -0.113. The van der Waals surface area contributed by atoms with Crippen molar-refractivity contribution in [3.8, 4) is 0 Å². The number of carbonyl (C=O) groups is 1. The molecule has 3 heterocycles. The number of amidine groups is 1. The molecule has 0 aromatic heterocycles. The Hall–Kier alpha value is -2.97. The number of benzene rings is 2. The van der Waals surface area contributed by atoms with E-state index >= 15 is 0 Å². The minimum absolute atomic E-state index is 0.0377. The molecule has 30 heavy (non-hydrogen) atoms. The molecule has 2 aromatic rings. The van der Waals surface area contributed by atoms with Crippen LogP contribution in [0.2, 0.25) is 0 Å². The van der Waals surface area contributed by atoms with Gasteiger partial charge in [0.15, 0.2) is 5.17 Å². The Balaban J connectivity index is 1.18. The Bertz CT molecular complexity index is 977. The highest BCUT2D eigenvalue weighted by molar-refractivity contribution is 8.14. The van der Waals surface area contributed by atoms with E-state index in [1.807, 2.05) is 43.5 Å². The molecule has 1 saturated heterocycles. The van der Waals surface area contributed by atoms with E-state index in [-0.39, 0.29) is 24.2 Å². The molecule has 8 heteroatoms. The standard InChI is InChI=1S/C22H24N6OS/c1-15-7-9-17(10-8-15)23-20(29)14-30-22-25-24-21-19-13-18(16-5-3-2-4-6-16)26-28(19)12-11-27(21)22/h2-12,18-19,21,24,26H,13-14H2,1H3,(H,23,29). The molecule has 154 valence electrons. The topological polar surface area (TPSA) is 72.0 Å². The SMILES string of the molecule is Cc1ccc(NC(=O)CSC2=NNC3C4CC(c5ccccc5)NN4C=CN23)cc1. The first kappa shape index (κ1) is 19.0. The average molecular weight is 421 g/mol. The summed E-state index contributed by atoms with van der Waals surface area (Å²) in [5.74, 6) is 0.273. The maximum atomic E-state index is 12.3. The lowest BCUT2D eigenvalue weighted by Crippen LogP contribution is -2.54. The molecule has 5 rings (SSSR count). The molecule has 3 unspecified atom stereocenters. The minimum atomic E-state index is -0.0377. The van der Waals surface area contributed by atoms with Gasteiger partial charge in [-0.1, -0.05) is 59.8 Å². The second kappa shape index (κ2) is 8.04. The summed E-state index contributed by atoms with van der Waals surface area (Å²) in [6, 6.07) is 18.8. The number of amides is 1. The summed E-state index contributed by atoms with van der Waals surface area (Å²) in [5.41, 5.74) is 10.1. The Morgan fingerprint density at radius 3 is 2.77 bits per heavy atom. The first-order chi connectivity index (χ1) is 14.7. The van der Waals surface area contributed by atoms with Crippen molar-refractivity contribution < 1.29 is 4.79 Å². The van der Waals surface area contributed by atoms with Crippen LogP contribution >= 0.6 is 11.8 Å². The number of hydrogen-bond donors (Lipinski definition) is 3. The normalized spacial score (nSPS) is 24.2. The van der Waals surface area contributed by atoms with Gasteiger partial charge in [0.1, 0.15) is 6.17 Å². The number of nitrogens with one attached hydrogen (secondary N) is 3. The van der Waals surface area contributed by atoms with Crippen molar-refractivity contribution in [2.75, 3.05) is 11.1 Å². The summed E-state index contributed by atoms with van der Waals surface area (Å²) >= 11 is 1.44. The number of hydrazone groups is 1. The third kappa shape index (κ3) is 3.76. The molecular weight excluding hydrogens is 396 g/mol. The van der Waals surface area contributed by atoms with Gasteiger partial charge in [0.2, 0.25) is 5.91 Å². The average Bonchev–Trinajstić information content (AvgIpc) is 3.38. The molecule has 0 bridgehead atoms. The lowest BCUT2D eigenvalue weighted by atomic mass is 10.00. The van der Waals surface area contributed by atoms with Crippen LogP contribution in [0.25, 0.3) is 0 Å². The fourth-order valence-electron chi connectivity index (χ4n) is 4.02. The number of thioether (sulfide) groups is 1. The zero-order chi connectivity index (χ0) is 20.5. The van der Waals surface area contributed by atoms with Crippen LogP contribution in [0.4, 0.5) is 5.69 Å². The Labute approximate surface area is 180 Å². The third-order valence-corrected chi connectivity index (χ3v) is 6.54. The van der Waals surface area contributed by atoms with Gasteiger partial charge in [-0.2, -0.15) is 5.10 Å². The molecule has 7 nitrogen and oxygen atoms in total. The van der Waals surface area contributed by atoms with Gasteiger partial charge in [0.05, 0.1) is 17.8 Å². The van der Waals surface area contributed by atoms with Crippen LogP contribution in [0.15, 0.2) is 72.1 Å². The molecule has 2 aromatic carbocycles. The Morgan fingerprint density at radius 1 is 1.17 bits per heavy atom. The molecule has 3 aliphatic rings. The maximum Gasteiger partial charge on any atom is 0.234 e. The highest BCUT2D eigenvalue weighted by Gasteiger charge is 2.44. The van der Waals surface area contributed by atoms with Crippen LogP contribution in [-0.4, -0.2) is 38.9 Å². The van der Waals surface area contributed by atoms with E-state index in [1.54, 1.807) is 0 Å². The summed E-state index contributed by atoms with van der Waals surface area (Å²) in [5, 5.41) is 10.4. The van der Waals surface area contributed by atoms with Gasteiger partial charge in [-0.3, -0.25) is 10.2 Å². The van der Waals surface area contributed by atoms with Gasteiger partial charge in [-0.05, 0) is 31.0 Å². The molecule has 3 aliphatic heterocycles. The summed E-state index contributed by atoms with van der Waals surface area (Å²) < 4.78 is 0. The number of hydrogen-bond acceptors (Lipinski definition) is 7. The summed E-state index contributed by atoms with van der Waals surface area (Å²) in [6.07, 6.45) is 5.10. The van der Waals surface area contributed by atoms with E-state index < -0.39 is 0 Å². The molecule has 3 atom stereocenters. The van der Waals surface area contributed by atoms with Crippen LogP contribution < -0.4 is 16.2 Å². The van der Waals surface area contributed by atoms with Gasteiger partial charge in [-0.25, -0.2) is 5.43 Å². The predicted molar refractivity (Wildman–Crippen MR) is 120 cm³/mol. The van der Waals surface area contributed by atoms with E-state index in [2.05, 4.69) is 61.6 Å². The number of rotatable bonds is 4. The molecule has 0 spiro atoms. The Kier molecular flexibility index (Phi) is 5.10. The number of aryl methyl sites for hydroxylation is 1. The predicted octanol–water partition coefficient (Wildman–Crippen LogP) is 2.97. The number of fused-ring (bicyclic) bond motifs is 3. The van der Waals surface area contributed by atoms with Gasteiger partial charge in [0.25, 0.3) is 0 Å². The van der Waals surface area contributed by atoms with Crippen molar-refractivity contribution in [1.82, 2.24) is 20.8 Å². The monoisotopic (exact) mass is 420 g/mol. The fraction of sp³-hybridized carbons (Fsp3) is 0.273. The van der Waals surface area contributed by atoms with E-state index in [1.165, 1.54) is 22.9 Å². The minimum Gasteiger partial charge on any atom is -0.325 e. The van der Waals surface area contributed by atoms with Crippen molar-refractivity contribution in [1.29, 1.82) is 0 Å². The van der Waals surface area contributed by atoms with Crippen LogP contribution in [0.5, 0.6) is 0 Å². The third-order valence-electron chi connectivity index (χ3n) is 5.57. The van der Waals surface area contributed by atoms with Crippen LogP contribution in [0.1, 0.15) is 23.6 Å². The van der Waals surface area contributed by atoms with Gasteiger partial charge >= 0.3 is 0 Å². The quantitative estimate of drug-likeness (QED) is 0.706. The van der Waals surface area contributed by atoms with Gasteiger partial charge in [-0.15, -0.1) is 0 Å². The fourth-order valence-corrected chi connectivity index (χ4v) is 4.79. The molecule has 0 radical (unpaired) electrons. The van der Waals surface area contributed by atoms with E-state index in [0.29, 0.717) is 5.75 Å². The molecule has 1 fully saturated rings. The molecule has 0 aliphatic carbocycles. The van der Waals surface area contributed by atoms with Crippen LogP contribution in [0.3, 0.4) is 0 Å². The zero-order valence-electron chi connectivity index (χ0n) is 16.7. The van der Waals surface area contributed by atoms with E-state index in [0.717, 1.165) is 17.3 Å². The second-order valence-corrected chi connectivity index (χ2v) is 8.62. The number of hydrazine groups is 1. The lowest BCUT2D eigenvalue weighted by Gasteiger charge is -2.36. The summed E-state index contributed by atoms with van der Waals surface area (Å²) in [7, 11) is 0. The first-order valence-electron chi connectivity index (χ1n) is 10.1. The first-order valence-corrected chi connectivity index (χ1v) is 11.0. The number of carbonyl (C=O) groups excluding carboxylic acids is 1. The van der Waals surface area contributed by atoms with Crippen molar-refractivity contribution in [3.05, 3.63) is 78.1 Å². The van der Waals surface area contributed by atoms with Crippen LogP contribution in [-0.2, 0) is 4.79 Å². The van der Waals surface area contributed by atoms with E-state index in [9.17, 15) is 4.79 Å². The molecular formula is C22H24N6OS. The maximum absolute atomic E-state index is 12.3. The molecule has 0 saturated carbocycles. The van der Waals surface area contributed by atoms with Crippen molar-refractivity contribution in [2.45, 2.75) is 31.6 Å². The largest absolute Gasteiger partial charge is 0.325 e.